The van der Waals surface area contributed by atoms with Crippen molar-refractivity contribution >= 4 is 23.2 Å². The monoisotopic (exact) mass is 663 g/mol. The van der Waals surface area contributed by atoms with Gasteiger partial charge in [-0.2, -0.15) is 0 Å². The maximum atomic E-state index is 9.86. The third-order valence-corrected chi connectivity index (χ3v) is 9.65. The molecule has 0 aliphatic carbocycles. The van der Waals surface area contributed by atoms with Gasteiger partial charge in [0.15, 0.2) is 0 Å². The molecule has 0 atom stereocenters. The summed E-state index contributed by atoms with van der Waals surface area (Å²) in [5, 5.41) is 20.6. The number of piperidine rings is 2. The number of rotatable bonds is 9. The molecule has 1 aromatic carbocycles. The van der Waals surface area contributed by atoms with Crippen LogP contribution < -0.4 is 9.47 Å². The molecule has 2 aliphatic rings. The SMILES string of the molecule is COc1nc(-c2cccc(-c3nccc(-c4ccc(CN5CCC(O)CC5)c(OC)n4)c3Cl)c2Cl)ccc1CN1CCC(O)CC1. The van der Waals surface area contributed by atoms with E-state index in [1.54, 1.807) is 20.4 Å². The molecule has 2 aliphatic heterocycles. The van der Waals surface area contributed by atoms with E-state index in [2.05, 4.69) is 14.8 Å². The highest BCUT2D eigenvalue weighted by Gasteiger charge is 2.23. The van der Waals surface area contributed by atoms with Crippen molar-refractivity contribution in [3.8, 4) is 45.5 Å². The van der Waals surface area contributed by atoms with Gasteiger partial charge in [-0.3, -0.25) is 14.8 Å². The van der Waals surface area contributed by atoms with Crippen LogP contribution in [0.1, 0.15) is 36.8 Å². The Labute approximate surface area is 279 Å². The zero-order chi connectivity index (χ0) is 32.2. The average Bonchev–Trinajstić information content (AvgIpc) is 3.07. The highest BCUT2D eigenvalue weighted by atomic mass is 35.5. The molecule has 9 nitrogen and oxygen atoms in total. The van der Waals surface area contributed by atoms with Crippen molar-refractivity contribution in [3.63, 3.8) is 0 Å². The van der Waals surface area contributed by atoms with Crippen LogP contribution in [0, 0.1) is 0 Å². The smallest absolute Gasteiger partial charge is 0.218 e. The minimum Gasteiger partial charge on any atom is -0.481 e. The van der Waals surface area contributed by atoms with Gasteiger partial charge in [-0.15, -0.1) is 0 Å². The van der Waals surface area contributed by atoms with E-state index in [1.165, 1.54) is 0 Å². The van der Waals surface area contributed by atoms with Crippen molar-refractivity contribution in [2.24, 2.45) is 0 Å². The van der Waals surface area contributed by atoms with Crippen LogP contribution in [0.3, 0.4) is 0 Å². The molecule has 0 amide bonds. The first kappa shape index (κ1) is 32.6. The molecule has 11 heteroatoms. The lowest BCUT2D eigenvalue weighted by Crippen LogP contribution is -2.35. The first-order chi connectivity index (χ1) is 22.3. The van der Waals surface area contributed by atoms with Gasteiger partial charge in [-0.05, 0) is 43.9 Å². The number of nitrogens with zero attached hydrogens (tertiary/aromatic N) is 5. The van der Waals surface area contributed by atoms with Gasteiger partial charge in [0.1, 0.15) is 0 Å². The van der Waals surface area contributed by atoms with Crippen molar-refractivity contribution in [2.45, 2.75) is 51.0 Å². The first-order valence-electron chi connectivity index (χ1n) is 15.7. The third kappa shape index (κ3) is 7.15. The molecule has 2 saturated heterocycles. The van der Waals surface area contributed by atoms with E-state index < -0.39 is 0 Å². The Hall–Kier alpha value is -3.31. The fourth-order valence-electron chi connectivity index (χ4n) is 6.21. The van der Waals surface area contributed by atoms with Gasteiger partial charge in [0.2, 0.25) is 11.8 Å². The standard InChI is InChI=1S/C35H39Cl2N5O4/c1-45-34-22(20-41-16-11-24(43)12-17-41)6-8-29(39-34)26-4-3-5-28(31(26)36)33-32(37)27(10-15-38-33)30-9-7-23(35(40-30)46-2)21-42-18-13-25(44)14-19-42/h3-10,15,24-25,43-44H,11-14,16-21H2,1-2H3. The highest BCUT2D eigenvalue weighted by Crippen LogP contribution is 2.41. The van der Waals surface area contributed by atoms with Crippen LogP contribution in [-0.2, 0) is 13.1 Å². The van der Waals surface area contributed by atoms with Crippen LogP contribution >= 0.6 is 23.2 Å². The third-order valence-electron chi connectivity index (χ3n) is 8.86. The zero-order valence-electron chi connectivity index (χ0n) is 26.1. The molecule has 2 fully saturated rings. The molecule has 2 N–H and O–H groups in total. The largest absolute Gasteiger partial charge is 0.481 e. The summed E-state index contributed by atoms with van der Waals surface area (Å²) in [6, 6.07) is 15.5. The Kier molecular flexibility index (Phi) is 10.4. The molecule has 0 radical (unpaired) electrons. The summed E-state index contributed by atoms with van der Waals surface area (Å²) < 4.78 is 11.4. The molecule has 242 valence electrons. The van der Waals surface area contributed by atoms with Crippen LogP contribution in [0.2, 0.25) is 10.0 Å². The van der Waals surface area contributed by atoms with E-state index in [9.17, 15) is 10.2 Å². The molecule has 0 bridgehead atoms. The Balaban J connectivity index is 1.27. The van der Waals surface area contributed by atoms with Gasteiger partial charge in [0.25, 0.3) is 0 Å². The molecule has 0 unspecified atom stereocenters. The number of pyridine rings is 3. The molecular weight excluding hydrogens is 625 g/mol. The van der Waals surface area contributed by atoms with Gasteiger partial charge in [0.05, 0.1) is 53.6 Å². The number of hydrogen-bond acceptors (Lipinski definition) is 9. The van der Waals surface area contributed by atoms with Crippen molar-refractivity contribution < 1.29 is 19.7 Å². The lowest BCUT2D eigenvalue weighted by atomic mass is 10.0. The van der Waals surface area contributed by atoms with Gasteiger partial charge < -0.3 is 19.7 Å². The maximum absolute atomic E-state index is 9.86. The van der Waals surface area contributed by atoms with E-state index in [-0.39, 0.29) is 12.2 Å². The van der Waals surface area contributed by atoms with E-state index in [0.29, 0.717) is 63.1 Å². The van der Waals surface area contributed by atoms with E-state index in [1.807, 2.05) is 48.5 Å². The molecule has 6 rings (SSSR count). The van der Waals surface area contributed by atoms with E-state index in [4.69, 9.17) is 42.6 Å². The highest BCUT2D eigenvalue weighted by molar-refractivity contribution is 6.39. The van der Waals surface area contributed by atoms with Crippen LogP contribution in [0.5, 0.6) is 11.8 Å². The number of ether oxygens (including phenoxy) is 2. The number of benzene rings is 1. The Morgan fingerprint density at radius 3 is 1.65 bits per heavy atom. The summed E-state index contributed by atoms with van der Waals surface area (Å²) in [5.41, 5.74) is 5.98. The Morgan fingerprint density at radius 2 is 1.15 bits per heavy atom. The Bertz CT molecular complexity index is 1550. The molecule has 0 spiro atoms. The topological polar surface area (TPSA) is 104 Å². The van der Waals surface area contributed by atoms with Gasteiger partial charge in [-0.25, -0.2) is 9.97 Å². The molecule has 0 saturated carbocycles. The molecule has 46 heavy (non-hydrogen) atoms. The van der Waals surface area contributed by atoms with Gasteiger partial charge in [0, 0.05) is 73.3 Å². The number of halogens is 2. The summed E-state index contributed by atoms with van der Waals surface area (Å²) in [7, 11) is 3.24. The van der Waals surface area contributed by atoms with Crippen molar-refractivity contribution in [2.75, 3.05) is 40.4 Å². The summed E-state index contributed by atoms with van der Waals surface area (Å²) in [6.45, 7) is 4.74. The second kappa shape index (κ2) is 14.6. The van der Waals surface area contributed by atoms with E-state index in [0.717, 1.165) is 68.6 Å². The summed E-state index contributed by atoms with van der Waals surface area (Å²) in [6.07, 6.45) is 4.35. The minimum absolute atomic E-state index is 0.219. The van der Waals surface area contributed by atoms with Crippen LogP contribution in [0.15, 0.2) is 54.7 Å². The summed E-state index contributed by atoms with van der Waals surface area (Å²) >= 11 is 14.1. The van der Waals surface area contributed by atoms with Crippen molar-refractivity contribution in [1.29, 1.82) is 0 Å². The summed E-state index contributed by atoms with van der Waals surface area (Å²) in [5.74, 6) is 1.09. The van der Waals surface area contributed by atoms with Gasteiger partial charge in [-0.1, -0.05) is 53.5 Å². The lowest BCUT2D eigenvalue weighted by Gasteiger charge is -2.29. The second-order valence-corrected chi connectivity index (χ2v) is 12.7. The van der Waals surface area contributed by atoms with Crippen LogP contribution in [0.4, 0.5) is 0 Å². The predicted molar refractivity (Wildman–Crippen MR) is 180 cm³/mol. The van der Waals surface area contributed by atoms with Crippen LogP contribution in [0.25, 0.3) is 33.8 Å². The zero-order valence-corrected chi connectivity index (χ0v) is 27.6. The molecule has 4 aromatic rings. The number of aliphatic hydroxyl groups is 2. The molecule has 3 aromatic heterocycles. The van der Waals surface area contributed by atoms with Crippen molar-refractivity contribution in [1.82, 2.24) is 24.8 Å². The second-order valence-electron chi connectivity index (χ2n) is 11.9. The normalized spacial score (nSPS) is 16.9. The van der Waals surface area contributed by atoms with Gasteiger partial charge >= 0.3 is 0 Å². The maximum Gasteiger partial charge on any atom is 0.218 e. The number of aromatic nitrogens is 3. The summed E-state index contributed by atoms with van der Waals surface area (Å²) in [4.78, 5) is 18.9. The van der Waals surface area contributed by atoms with Crippen LogP contribution in [-0.4, -0.2) is 87.6 Å². The number of likely N-dealkylation sites (tertiary alicyclic amines) is 2. The van der Waals surface area contributed by atoms with Crippen molar-refractivity contribution in [3.05, 3.63) is 75.9 Å². The quantitative estimate of drug-likeness (QED) is 0.219. The number of hydrogen-bond donors (Lipinski definition) is 2. The molecular formula is C35H39Cl2N5O4. The van der Waals surface area contributed by atoms with E-state index >= 15 is 0 Å². The average molecular weight is 665 g/mol. The lowest BCUT2D eigenvalue weighted by molar-refractivity contribution is 0.0786. The number of methoxy groups -OCH3 is 2. The predicted octanol–water partition coefficient (Wildman–Crippen LogP) is 6.11. The fraction of sp³-hybridized carbons (Fsp3) is 0.400. The number of aliphatic hydroxyl groups excluding tert-OH is 2. The first-order valence-corrected chi connectivity index (χ1v) is 16.4. The minimum atomic E-state index is -0.220. The Morgan fingerprint density at radius 1 is 0.674 bits per heavy atom. The fourth-order valence-corrected chi connectivity index (χ4v) is 6.83. The molecule has 5 heterocycles.